The predicted octanol–water partition coefficient (Wildman–Crippen LogP) is 3.97. The van der Waals surface area contributed by atoms with Gasteiger partial charge in [-0.1, -0.05) is 48.0 Å². The first kappa shape index (κ1) is 15.0. The van der Waals surface area contributed by atoms with Gasteiger partial charge in [0.25, 0.3) is 0 Å². The highest BCUT2D eigenvalue weighted by molar-refractivity contribution is 6.39. The summed E-state index contributed by atoms with van der Waals surface area (Å²) in [6, 6.07) is 15.6. The number of rotatable bonds is 3. The maximum absolute atomic E-state index is 12.4. The van der Waals surface area contributed by atoms with Crippen molar-refractivity contribution >= 4 is 28.9 Å². The third-order valence-electron chi connectivity index (χ3n) is 3.57. The van der Waals surface area contributed by atoms with Gasteiger partial charge in [0, 0.05) is 16.1 Å². The molecule has 5 heteroatoms. The molecule has 0 atom stereocenters. The highest BCUT2D eigenvalue weighted by Gasteiger charge is 2.32. The van der Waals surface area contributed by atoms with Gasteiger partial charge in [-0.3, -0.25) is 9.79 Å². The maximum atomic E-state index is 12.4. The van der Waals surface area contributed by atoms with E-state index in [9.17, 15) is 15.2 Å². The van der Waals surface area contributed by atoms with Crippen LogP contribution < -0.4 is 0 Å². The largest absolute Gasteiger partial charge is 0.506 e. The number of aliphatic hydroxyl groups is 1. The topological polar surface area (TPSA) is 73.4 Å². The molecule has 2 aromatic rings. The minimum Gasteiger partial charge on any atom is -0.506 e. The summed E-state index contributed by atoms with van der Waals surface area (Å²) in [5, 5.41) is 20.2. The van der Waals surface area contributed by atoms with E-state index in [4.69, 9.17) is 11.6 Å². The van der Waals surface area contributed by atoms with Gasteiger partial charge in [0.15, 0.2) is 11.5 Å². The second kappa shape index (κ2) is 6.07. The highest BCUT2D eigenvalue weighted by atomic mass is 35.5. The lowest BCUT2D eigenvalue weighted by atomic mass is 10.1. The quantitative estimate of drug-likeness (QED) is 0.869. The van der Waals surface area contributed by atoms with Crippen LogP contribution in [0.25, 0.3) is 5.76 Å². The minimum atomic E-state index is -0.380. The fourth-order valence-corrected chi connectivity index (χ4v) is 2.54. The van der Waals surface area contributed by atoms with Crippen LogP contribution in [0.5, 0.6) is 0 Å². The van der Waals surface area contributed by atoms with Gasteiger partial charge in [-0.15, -0.1) is 0 Å². The summed E-state index contributed by atoms with van der Waals surface area (Å²) in [7, 11) is 0. The number of aliphatic imine (C=N–C) groups is 1. The summed E-state index contributed by atoms with van der Waals surface area (Å²) in [4.78, 5) is 16.6. The second-order valence-electron chi connectivity index (χ2n) is 5.00. The van der Waals surface area contributed by atoms with E-state index in [1.165, 1.54) is 0 Å². The van der Waals surface area contributed by atoms with Gasteiger partial charge < -0.3 is 5.11 Å². The average molecular weight is 323 g/mol. The third kappa shape index (κ3) is 2.75. The molecule has 23 heavy (non-hydrogen) atoms. The molecule has 4 nitrogen and oxygen atoms in total. The Morgan fingerprint density at radius 1 is 1.13 bits per heavy atom. The van der Waals surface area contributed by atoms with Gasteiger partial charge >= 0.3 is 0 Å². The van der Waals surface area contributed by atoms with Gasteiger partial charge in [0.1, 0.15) is 17.4 Å². The Kier molecular flexibility index (Phi) is 3.96. The zero-order valence-corrected chi connectivity index (χ0v) is 12.7. The summed E-state index contributed by atoms with van der Waals surface area (Å²) in [6.45, 7) is 0.223. The number of carbonyl (C=O) groups is 1. The summed E-state index contributed by atoms with van der Waals surface area (Å²) in [5.41, 5.74) is 1.56. The molecule has 0 bridgehead atoms. The number of nitrogens with zero attached hydrogens (tertiary/aromatic N) is 2. The van der Waals surface area contributed by atoms with E-state index in [0.29, 0.717) is 16.1 Å². The Morgan fingerprint density at radius 2 is 1.78 bits per heavy atom. The molecule has 0 saturated carbocycles. The zero-order chi connectivity index (χ0) is 16.4. The molecule has 0 aliphatic heterocycles. The first-order valence-corrected chi connectivity index (χ1v) is 7.26. The van der Waals surface area contributed by atoms with Crippen molar-refractivity contribution in [3.05, 3.63) is 75.8 Å². The van der Waals surface area contributed by atoms with E-state index >= 15 is 0 Å². The van der Waals surface area contributed by atoms with Crippen LogP contribution in [0.1, 0.15) is 21.5 Å². The maximum Gasteiger partial charge on any atom is 0.200 e. The van der Waals surface area contributed by atoms with Crippen molar-refractivity contribution < 1.29 is 9.90 Å². The number of ketones is 1. The summed E-state index contributed by atoms with van der Waals surface area (Å²) < 4.78 is 0. The molecule has 3 rings (SSSR count). The standard InChI is InChI=1S/C18H11ClN2O2/c19-12-7-5-11(6-8-12)10-21-15(9-20)16-17(22)13-3-1-2-4-14(13)18(16)23/h1-8,22H,10H2. The Hall–Kier alpha value is -2.90. The summed E-state index contributed by atoms with van der Waals surface area (Å²) in [5.74, 6) is -0.573. The molecular formula is C18H11ClN2O2. The number of halogens is 1. The predicted molar refractivity (Wildman–Crippen MR) is 88.5 cm³/mol. The summed E-state index contributed by atoms with van der Waals surface area (Å²) >= 11 is 5.82. The van der Waals surface area contributed by atoms with Crippen molar-refractivity contribution in [2.45, 2.75) is 6.54 Å². The summed E-state index contributed by atoms with van der Waals surface area (Å²) in [6.07, 6.45) is 0. The van der Waals surface area contributed by atoms with Crippen molar-refractivity contribution in [2.24, 2.45) is 4.99 Å². The lowest BCUT2D eigenvalue weighted by Gasteiger charge is -2.01. The third-order valence-corrected chi connectivity index (χ3v) is 3.82. The van der Waals surface area contributed by atoms with Crippen LogP contribution >= 0.6 is 11.6 Å². The number of carbonyl (C=O) groups excluding carboxylic acids is 1. The van der Waals surface area contributed by atoms with E-state index in [2.05, 4.69) is 4.99 Å². The van der Waals surface area contributed by atoms with Crippen molar-refractivity contribution in [1.29, 1.82) is 5.26 Å². The molecule has 0 spiro atoms. The number of nitriles is 1. The Bertz CT molecular complexity index is 890. The fraction of sp³-hybridized carbons (Fsp3) is 0.0556. The molecule has 0 amide bonds. The van der Waals surface area contributed by atoms with Crippen molar-refractivity contribution in [1.82, 2.24) is 0 Å². The van der Waals surface area contributed by atoms with Gasteiger partial charge in [-0.2, -0.15) is 5.26 Å². The Morgan fingerprint density at radius 3 is 2.39 bits per heavy atom. The monoisotopic (exact) mass is 322 g/mol. The molecule has 112 valence electrons. The van der Waals surface area contributed by atoms with E-state index in [0.717, 1.165) is 5.56 Å². The first-order valence-electron chi connectivity index (χ1n) is 6.88. The lowest BCUT2D eigenvalue weighted by Crippen LogP contribution is -2.09. The number of benzene rings is 2. The lowest BCUT2D eigenvalue weighted by molar-refractivity contribution is 0.104. The number of fused-ring (bicyclic) bond motifs is 1. The fourth-order valence-electron chi connectivity index (χ4n) is 2.41. The molecule has 0 heterocycles. The number of Topliss-reactive ketones (excluding diaryl/α,β-unsaturated/α-hetero) is 1. The molecule has 0 unspecified atom stereocenters. The van der Waals surface area contributed by atoms with Crippen molar-refractivity contribution in [3.63, 3.8) is 0 Å². The van der Waals surface area contributed by atoms with Gasteiger partial charge in [-0.05, 0) is 17.7 Å². The van der Waals surface area contributed by atoms with Crippen LogP contribution in [0.15, 0.2) is 59.1 Å². The molecule has 1 aliphatic rings. The molecule has 0 saturated heterocycles. The van der Waals surface area contributed by atoms with Gasteiger partial charge in [-0.25, -0.2) is 0 Å². The van der Waals surface area contributed by atoms with Gasteiger partial charge in [0.2, 0.25) is 0 Å². The van der Waals surface area contributed by atoms with E-state index in [1.54, 1.807) is 48.5 Å². The SMILES string of the molecule is N#CC(=NCc1ccc(Cl)cc1)C1=C(O)c2ccccc2C1=O. The normalized spacial score (nSPS) is 13.9. The van der Waals surface area contributed by atoms with Crippen molar-refractivity contribution in [3.8, 4) is 6.07 Å². The van der Waals surface area contributed by atoms with Crippen LogP contribution in [0.4, 0.5) is 0 Å². The van der Waals surface area contributed by atoms with Crippen LogP contribution in [0.2, 0.25) is 5.02 Å². The zero-order valence-electron chi connectivity index (χ0n) is 12.0. The van der Waals surface area contributed by atoms with Crippen molar-refractivity contribution in [2.75, 3.05) is 0 Å². The minimum absolute atomic E-state index is 0.0392. The number of hydrogen-bond acceptors (Lipinski definition) is 4. The number of aliphatic hydroxyl groups excluding tert-OH is 1. The van der Waals surface area contributed by atoms with Crippen LogP contribution in [-0.2, 0) is 6.54 Å². The molecule has 0 fully saturated rings. The van der Waals surface area contributed by atoms with E-state index in [-0.39, 0.29) is 29.4 Å². The molecule has 0 aromatic heterocycles. The molecule has 2 aromatic carbocycles. The molecule has 0 radical (unpaired) electrons. The number of hydrogen-bond donors (Lipinski definition) is 1. The number of allylic oxidation sites excluding steroid dienone is 1. The molecule has 1 N–H and O–H groups in total. The molecular weight excluding hydrogens is 312 g/mol. The second-order valence-corrected chi connectivity index (χ2v) is 5.44. The van der Waals surface area contributed by atoms with Crippen LogP contribution in [-0.4, -0.2) is 16.6 Å². The van der Waals surface area contributed by atoms with E-state index in [1.807, 2.05) is 6.07 Å². The smallest absolute Gasteiger partial charge is 0.200 e. The van der Waals surface area contributed by atoms with Crippen LogP contribution in [0.3, 0.4) is 0 Å². The van der Waals surface area contributed by atoms with Gasteiger partial charge in [0.05, 0.1) is 6.54 Å². The average Bonchev–Trinajstić information content (AvgIpc) is 2.83. The first-order chi connectivity index (χ1) is 11.1. The Balaban J connectivity index is 1.95. The van der Waals surface area contributed by atoms with Crippen LogP contribution in [0, 0.1) is 11.3 Å². The molecule has 1 aliphatic carbocycles. The van der Waals surface area contributed by atoms with E-state index < -0.39 is 0 Å². The highest BCUT2D eigenvalue weighted by Crippen LogP contribution is 2.31. The Labute approximate surface area is 138 Å².